The molecule has 6 nitrogen and oxygen atoms in total. The van der Waals surface area contributed by atoms with E-state index in [1.165, 1.54) is 11.8 Å². The Morgan fingerprint density at radius 2 is 1.94 bits per heavy atom. The number of fused-ring (bicyclic) bond motifs is 1. The molecule has 0 spiro atoms. The third-order valence-electron chi connectivity index (χ3n) is 5.20. The monoisotopic (exact) mass is 453 g/mol. The normalized spacial score (nSPS) is 10.9. The Kier molecular flexibility index (Phi) is 10.5. The zero-order chi connectivity index (χ0) is 23.5. The molecule has 0 aliphatic carbocycles. The third kappa shape index (κ3) is 7.22. The van der Waals surface area contributed by atoms with Crippen LogP contribution in [0.25, 0.3) is 22.2 Å². The lowest BCUT2D eigenvalue weighted by atomic mass is 10.1. The Hall–Kier alpha value is -2.61. The van der Waals surface area contributed by atoms with E-state index in [2.05, 4.69) is 65.4 Å². The fourth-order valence-corrected chi connectivity index (χ4v) is 4.22. The number of H-pyrrole nitrogens is 1. The highest BCUT2D eigenvalue weighted by molar-refractivity contribution is 7.10. The second-order valence-electron chi connectivity index (χ2n) is 7.61. The molecule has 2 heterocycles. The van der Waals surface area contributed by atoms with Crippen molar-refractivity contribution in [3.05, 3.63) is 63.2 Å². The predicted molar refractivity (Wildman–Crippen MR) is 138 cm³/mol. The fourth-order valence-electron chi connectivity index (χ4n) is 3.43. The fraction of sp³-hybridized carbons (Fsp3) is 0.400. The first-order valence-corrected chi connectivity index (χ1v) is 11.9. The highest BCUT2D eigenvalue weighted by atomic mass is 32.1. The van der Waals surface area contributed by atoms with Crippen molar-refractivity contribution >= 4 is 28.5 Å². The van der Waals surface area contributed by atoms with Gasteiger partial charge in [0.25, 0.3) is 5.56 Å². The minimum Gasteiger partial charge on any atom is -0.321 e. The lowest BCUT2D eigenvalue weighted by Gasteiger charge is -2.23. The van der Waals surface area contributed by atoms with Crippen molar-refractivity contribution in [3.8, 4) is 11.3 Å². The van der Waals surface area contributed by atoms with Gasteiger partial charge in [0.1, 0.15) is 0 Å². The maximum Gasteiger partial charge on any atom is 0.257 e. The van der Waals surface area contributed by atoms with Gasteiger partial charge in [-0.05, 0) is 56.4 Å². The Labute approximate surface area is 195 Å². The van der Waals surface area contributed by atoms with Crippen molar-refractivity contribution < 1.29 is 0 Å². The van der Waals surface area contributed by atoms with Crippen LogP contribution in [0, 0.1) is 5.41 Å². The average Bonchev–Trinajstić information content (AvgIpc) is 3.23. The van der Waals surface area contributed by atoms with E-state index in [1.54, 1.807) is 18.3 Å². The van der Waals surface area contributed by atoms with Crippen molar-refractivity contribution in [2.45, 2.75) is 33.7 Å². The first-order chi connectivity index (χ1) is 15.4. The molecule has 0 saturated carbocycles. The van der Waals surface area contributed by atoms with Crippen LogP contribution < -0.4 is 5.56 Å². The number of hydrogen-bond donors (Lipinski definition) is 2. The number of benzene rings is 1. The molecule has 0 radical (unpaired) electrons. The molecule has 3 rings (SSSR count). The van der Waals surface area contributed by atoms with E-state index in [-0.39, 0.29) is 5.56 Å². The SMILES string of the molecule is C=CCc1nc(-c2cc3ccc(CN(C)CCN(CC)CC)cc3[nH]c2=O)cs1.CC=N. The van der Waals surface area contributed by atoms with Gasteiger partial charge in [0.2, 0.25) is 0 Å². The predicted octanol–water partition coefficient (Wildman–Crippen LogP) is 4.81. The van der Waals surface area contributed by atoms with Gasteiger partial charge in [-0.2, -0.15) is 0 Å². The van der Waals surface area contributed by atoms with Crippen molar-refractivity contribution in [1.82, 2.24) is 19.8 Å². The number of allylic oxidation sites excluding steroid dienone is 1. The van der Waals surface area contributed by atoms with Crippen LogP contribution >= 0.6 is 11.3 Å². The summed E-state index contributed by atoms with van der Waals surface area (Å²) in [6.45, 7) is 14.9. The molecule has 0 unspecified atom stereocenters. The lowest BCUT2D eigenvalue weighted by molar-refractivity contribution is 0.236. The molecule has 1 aromatic carbocycles. The largest absolute Gasteiger partial charge is 0.321 e. The Balaban J connectivity index is 0.00000114. The van der Waals surface area contributed by atoms with Crippen LogP contribution in [0.5, 0.6) is 0 Å². The Morgan fingerprint density at radius 3 is 2.59 bits per heavy atom. The van der Waals surface area contributed by atoms with Gasteiger partial charge in [0.05, 0.1) is 16.3 Å². The van der Waals surface area contributed by atoms with Gasteiger partial charge in [-0.15, -0.1) is 17.9 Å². The molecule has 0 aliphatic heterocycles. The maximum absolute atomic E-state index is 12.7. The zero-order valence-corrected chi connectivity index (χ0v) is 20.5. The molecule has 172 valence electrons. The molecule has 2 aromatic heterocycles. The summed E-state index contributed by atoms with van der Waals surface area (Å²) in [7, 11) is 2.14. The van der Waals surface area contributed by atoms with Gasteiger partial charge in [0, 0.05) is 37.0 Å². The summed E-state index contributed by atoms with van der Waals surface area (Å²) in [6.07, 6.45) is 3.80. The molecular formula is C25H35N5OS. The Bertz CT molecular complexity index is 1070. The van der Waals surface area contributed by atoms with Crippen LogP contribution in [0.1, 0.15) is 31.3 Å². The summed E-state index contributed by atoms with van der Waals surface area (Å²) in [5.74, 6) is 0. The van der Waals surface area contributed by atoms with E-state index >= 15 is 0 Å². The molecule has 2 N–H and O–H groups in total. The molecule has 0 amide bonds. The summed E-state index contributed by atoms with van der Waals surface area (Å²) in [4.78, 5) is 25.0. The Morgan fingerprint density at radius 1 is 1.22 bits per heavy atom. The number of hydrogen-bond acceptors (Lipinski definition) is 6. The van der Waals surface area contributed by atoms with E-state index in [9.17, 15) is 4.79 Å². The maximum atomic E-state index is 12.7. The summed E-state index contributed by atoms with van der Waals surface area (Å²) in [5.41, 5.74) is 3.32. The smallest absolute Gasteiger partial charge is 0.257 e. The number of thiazole rings is 1. The van der Waals surface area contributed by atoms with Crippen LogP contribution in [0.3, 0.4) is 0 Å². The molecular weight excluding hydrogens is 418 g/mol. The first-order valence-electron chi connectivity index (χ1n) is 11.0. The summed E-state index contributed by atoms with van der Waals surface area (Å²) >= 11 is 1.56. The van der Waals surface area contributed by atoms with E-state index in [4.69, 9.17) is 5.41 Å². The number of aromatic nitrogens is 2. The van der Waals surface area contributed by atoms with Crippen LogP contribution in [0.4, 0.5) is 0 Å². The highest BCUT2D eigenvalue weighted by Gasteiger charge is 2.11. The van der Waals surface area contributed by atoms with Crippen LogP contribution in [0.2, 0.25) is 0 Å². The number of nitrogens with one attached hydrogen (secondary N) is 2. The van der Waals surface area contributed by atoms with E-state index in [0.29, 0.717) is 5.56 Å². The van der Waals surface area contributed by atoms with Gasteiger partial charge >= 0.3 is 0 Å². The van der Waals surface area contributed by atoms with Crippen molar-refractivity contribution in [2.24, 2.45) is 0 Å². The van der Waals surface area contributed by atoms with Crippen molar-refractivity contribution in [1.29, 1.82) is 5.41 Å². The molecule has 32 heavy (non-hydrogen) atoms. The summed E-state index contributed by atoms with van der Waals surface area (Å²) < 4.78 is 0. The molecule has 0 bridgehead atoms. The highest BCUT2D eigenvalue weighted by Crippen LogP contribution is 2.23. The lowest BCUT2D eigenvalue weighted by Crippen LogP contribution is -2.32. The zero-order valence-electron chi connectivity index (χ0n) is 19.6. The van der Waals surface area contributed by atoms with Gasteiger partial charge in [0.15, 0.2) is 0 Å². The minimum absolute atomic E-state index is 0.0972. The van der Waals surface area contributed by atoms with Crippen LogP contribution in [0.15, 0.2) is 47.1 Å². The number of aromatic amines is 1. The van der Waals surface area contributed by atoms with Gasteiger partial charge in [-0.3, -0.25) is 4.79 Å². The van der Waals surface area contributed by atoms with E-state index in [1.807, 2.05) is 17.5 Å². The molecule has 0 fully saturated rings. The molecule has 0 atom stereocenters. The van der Waals surface area contributed by atoms with E-state index < -0.39 is 0 Å². The standard InChI is InChI=1S/C23H30N4OS.C2H5N/c1-5-8-22-24-21(16-29-22)19-14-18-10-9-17(13-20(18)25-23(19)28)15-26(4)11-12-27(6-2)7-3;1-2-3/h5,9-10,13-14,16H,1,6-8,11-12,15H2,2-4H3,(H,25,28);2-3H,1H3. The average molecular weight is 454 g/mol. The second kappa shape index (κ2) is 13.1. The third-order valence-corrected chi connectivity index (χ3v) is 6.07. The summed E-state index contributed by atoms with van der Waals surface area (Å²) in [6, 6.07) is 8.25. The van der Waals surface area contributed by atoms with Crippen LogP contribution in [-0.4, -0.2) is 59.2 Å². The minimum atomic E-state index is -0.0972. The number of rotatable bonds is 10. The molecule has 0 aliphatic rings. The van der Waals surface area contributed by atoms with Gasteiger partial charge < -0.3 is 20.2 Å². The van der Waals surface area contributed by atoms with Crippen molar-refractivity contribution in [2.75, 3.05) is 33.2 Å². The van der Waals surface area contributed by atoms with Crippen LogP contribution in [-0.2, 0) is 13.0 Å². The number of nitrogens with zero attached hydrogens (tertiary/aromatic N) is 3. The molecule has 7 heteroatoms. The topological polar surface area (TPSA) is 76.1 Å². The quantitative estimate of drug-likeness (QED) is 0.341. The number of pyridine rings is 1. The molecule has 3 aromatic rings. The molecule has 0 saturated heterocycles. The van der Waals surface area contributed by atoms with Gasteiger partial charge in [-0.1, -0.05) is 32.1 Å². The second-order valence-corrected chi connectivity index (χ2v) is 8.55. The van der Waals surface area contributed by atoms with E-state index in [0.717, 1.165) is 60.7 Å². The summed E-state index contributed by atoms with van der Waals surface area (Å²) in [5, 5.41) is 10.0. The number of likely N-dealkylation sites (N-methyl/N-ethyl adjacent to an activating group) is 2. The van der Waals surface area contributed by atoms with Gasteiger partial charge in [-0.25, -0.2) is 4.98 Å². The first kappa shape index (κ1) is 25.6. The van der Waals surface area contributed by atoms with Crippen molar-refractivity contribution in [3.63, 3.8) is 0 Å².